The van der Waals surface area contributed by atoms with Crippen molar-refractivity contribution in [3.63, 3.8) is 0 Å². The summed E-state index contributed by atoms with van der Waals surface area (Å²) in [6.45, 7) is 0.178. The van der Waals surface area contributed by atoms with Gasteiger partial charge in [0.25, 0.3) is 0 Å². The number of benzene rings is 1. The van der Waals surface area contributed by atoms with Gasteiger partial charge in [-0.1, -0.05) is 18.2 Å². The molecular weight excluding hydrogens is 287 g/mol. The molecule has 1 aromatic carbocycles. The highest BCUT2D eigenvalue weighted by atomic mass is 19.1. The summed E-state index contributed by atoms with van der Waals surface area (Å²) >= 11 is 0. The lowest BCUT2D eigenvalue weighted by Crippen LogP contribution is -2.36. The normalized spacial score (nSPS) is 11.7. The van der Waals surface area contributed by atoms with Crippen LogP contribution in [0.1, 0.15) is 17.0 Å². The maximum absolute atomic E-state index is 12.9. The van der Waals surface area contributed by atoms with Crippen molar-refractivity contribution in [1.29, 1.82) is 0 Å². The number of nitrogens with zero attached hydrogens (tertiary/aromatic N) is 1. The SMILES string of the molecule is NC(=O)[C@@H](C(=O)NCc1ccc(N)nc1)c1ccc(F)cc1. The summed E-state index contributed by atoms with van der Waals surface area (Å²) in [5.41, 5.74) is 11.8. The molecule has 0 aliphatic heterocycles. The Morgan fingerprint density at radius 3 is 2.41 bits per heavy atom. The molecule has 2 rings (SSSR count). The molecule has 6 nitrogen and oxygen atoms in total. The number of hydrogen-bond donors (Lipinski definition) is 3. The number of carbonyl (C=O) groups is 2. The van der Waals surface area contributed by atoms with Gasteiger partial charge in [-0.15, -0.1) is 0 Å². The summed E-state index contributed by atoms with van der Waals surface area (Å²) in [6.07, 6.45) is 1.52. The molecule has 1 atom stereocenters. The number of nitrogens with one attached hydrogen (secondary N) is 1. The number of halogens is 1. The van der Waals surface area contributed by atoms with Gasteiger partial charge in [-0.2, -0.15) is 0 Å². The number of aromatic nitrogens is 1. The third-order valence-electron chi connectivity index (χ3n) is 3.06. The second-order valence-corrected chi connectivity index (χ2v) is 4.70. The number of hydrogen-bond acceptors (Lipinski definition) is 4. The fourth-order valence-corrected chi connectivity index (χ4v) is 1.93. The summed E-state index contributed by atoms with van der Waals surface area (Å²) < 4.78 is 12.9. The van der Waals surface area contributed by atoms with Crippen LogP contribution in [0.4, 0.5) is 10.2 Å². The average molecular weight is 302 g/mol. The highest BCUT2D eigenvalue weighted by Crippen LogP contribution is 2.16. The Bertz CT molecular complexity index is 671. The van der Waals surface area contributed by atoms with E-state index in [0.717, 1.165) is 5.56 Å². The minimum absolute atomic E-state index is 0.178. The molecule has 0 radical (unpaired) electrons. The summed E-state index contributed by atoms with van der Waals surface area (Å²) in [5, 5.41) is 2.60. The zero-order chi connectivity index (χ0) is 16.1. The highest BCUT2D eigenvalue weighted by molar-refractivity contribution is 6.05. The number of anilines is 1. The average Bonchev–Trinajstić information content (AvgIpc) is 2.48. The smallest absolute Gasteiger partial charge is 0.237 e. The van der Waals surface area contributed by atoms with E-state index in [2.05, 4.69) is 10.3 Å². The van der Waals surface area contributed by atoms with E-state index in [4.69, 9.17) is 11.5 Å². The number of nitrogen functional groups attached to an aromatic ring is 1. The molecule has 2 aromatic rings. The molecule has 0 aliphatic carbocycles. The molecule has 2 amide bonds. The van der Waals surface area contributed by atoms with Gasteiger partial charge in [0.1, 0.15) is 17.6 Å². The van der Waals surface area contributed by atoms with Crippen LogP contribution in [0.25, 0.3) is 0 Å². The Morgan fingerprint density at radius 1 is 1.18 bits per heavy atom. The minimum Gasteiger partial charge on any atom is -0.384 e. The second-order valence-electron chi connectivity index (χ2n) is 4.70. The van der Waals surface area contributed by atoms with Gasteiger partial charge < -0.3 is 16.8 Å². The van der Waals surface area contributed by atoms with E-state index in [1.54, 1.807) is 12.1 Å². The van der Waals surface area contributed by atoms with Crippen molar-refractivity contribution in [1.82, 2.24) is 10.3 Å². The predicted octanol–water partition coefficient (Wildman–Crippen LogP) is 0.688. The Kier molecular flexibility index (Phi) is 4.67. The summed E-state index contributed by atoms with van der Waals surface area (Å²) in [5.74, 6) is -2.63. The van der Waals surface area contributed by atoms with Gasteiger partial charge in [0.05, 0.1) is 0 Å². The number of nitrogens with two attached hydrogens (primary N) is 2. The third kappa shape index (κ3) is 3.78. The molecule has 0 bridgehead atoms. The standard InChI is InChI=1S/C15H15FN4O2/c16-11-4-2-10(3-5-11)13(14(18)21)15(22)20-8-9-1-6-12(17)19-7-9/h1-7,13H,8H2,(H2,17,19)(H2,18,21)(H,20,22)/t13-/m0/s1. The minimum atomic E-state index is -1.18. The van der Waals surface area contributed by atoms with E-state index < -0.39 is 23.5 Å². The molecule has 7 heteroatoms. The molecule has 0 spiro atoms. The van der Waals surface area contributed by atoms with Crippen LogP contribution in [0.2, 0.25) is 0 Å². The molecule has 0 aliphatic rings. The molecule has 1 aromatic heterocycles. The lowest BCUT2D eigenvalue weighted by atomic mass is 9.97. The topological polar surface area (TPSA) is 111 Å². The van der Waals surface area contributed by atoms with E-state index in [1.165, 1.54) is 30.5 Å². The Labute approximate surface area is 126 Å². The maximum Gasteiger partial charge on any atom is 0.237 e. The van der Waals surface area contributed by atoms with Gasteiger partial charge >= 0.3 is 0 Å². The fourth-order valence-electron chi connectivity index (χ4n) is 1.93. The van der Waals surface area contributed by atoms with Gasteiger partial charge in [0.2, 0.25) is 11.8 Å². The molecule has 0 saturated heterocycles. The van der Waals surface area contributed by atoms with E-state index in [0.29, 0.717) is 11.4 Å². The van der Waals surface area contributed by atoms with Crippen molar-refractivity contribution in [2.45, 2.75) is 12.5 Å². The summed E-state index contributed by atoms with van der Waals surface area (Å²) in [7, 11) is 0. The van der Waals surface area contributed by atoms with E-state index in [1.807, 2.05) is 0 Å². The van der Waals surface area contributed by atoms with Crippen LogP contribution < -0.4 is 16.8 Å². The first-order valence-corrected chi connectivity index (χ1v) is 6.50. The predicted molar refractivity (Wildman–Crippen MR) is 78.8 cm³/mol. The number of primary amides is 1. The molecule has 114 valence electrons. The van der Waals surface area contributed by atoms with Crippen LogP contribution in [0.5, 0.6) is 0 Å². The van der Waals surface area contributed by atoms with Crippen molar-refractivity contribution in [2.75, 3.05) is 5.73 Å². The first kappa shape index (κ1) is 15.4. The molecule has 0 saturated carbocycles. The van der Waals surface area contributed by atoms with E-state index >= 15 is 0 Å². The molecule has 5 N–H and O–H groups in total. The lowest BCUT2D eigenvalue weighted by Gasteiger charge is -2.14. The van der Waals surface area contributed by atoms with Crippen LogP contribution in [-0.2, 0) is 16.1 Å². The lowest BCUT2D eigenvalue weighted by molar-refractivity contribution is -0.130. The second kappa shape index (κ2) is 6.66. The van der Waals surface area contributed by atoms with Crippen LogP contribution in [0.3, 0.4) is 0 Å². The zero-order valence-corrected chi connectivity index (χ0v) is 11.6. The van der Waals surface area contributed by atoms with Gasteiger partial charge in [-0.05, 0) is 29.3 Å². The number of carbonyl (C=O) groups excluding carboxylic acids is 2. The Morgan fingerprint density at radius 2 is 1.86 bits per heavy atom. The number of amides is 2. The van der Waals surface area contributed by atoms with Crippen molar-refractivity contribution < 1.29 is 14.0 Å². The quantitative estimate of drug-likeness (QED) is 0.705. The molecule has 1 heterocycles. The van der Waals surface area contributed by atoms with Crippen LogP contribution in [0, 0.1) is 5.82 Å². The summed E-state index contributed by atoms with van der Waals surface area (Å²) in [4.78, 5) is 27.6. The van der Waals surface area contributed by atoms with Crippen molar-refractivity contribution in [3.8, 4) is 0 Å². The summed E-state index contributed by atoms with van der Waals surface area (Å²) in [6, 6.07) is 8.36. The zero-order valence-electron chi connectivity index (χ0n) is 11.6. The molecular formula is C15H15FN4O2. The first-order chi connectivity index (χ1) is 10.5. The maximum atomic E-state index is 12.9. The van der Waals surface area contributed by atoms with Crippen molar-refractivity contribution in [2.24, 2.45) is 5.73 Å². The molecule has 22 heavy (non-hydrogen) atoms. The van der Waals surface area contributed by atoms with Gasteiger partial charge in [-0.3, -0.25) is 9.59 Å². The Hall–Kier alpha value is -2.96. The van der Waals surface area contributed by atoms with Gasteiger partial charge in [-0.25, -0.2) is 9.37 Å². The highest BCUT2D eigenvalue weighted by Gasteiger charge is 2.26. The van der Waals surface area contributed by atoms with Gasteiger partial charge in [0, 0.05) is 12.7 Å². The Balaban J connectivity index is 2.08. The van der Waals surface area contributed by atoms with E-state index in [9.17, 15) is 14.0 Å². The number of pyridine rings is 1. The monoisotopic (exact) mass is 302 g/mol. The van der Waals surface area contributed by atoms with Crippen molar-refractivity contribution >= 4 is 17.6 Å². The third-order valence-corrected chi connectivity index (χ3v) is 3.06. The van der Waals surface area contributed by atoms with E-state index in [-0.39, 0.29) is 6.54 Å². The van der Waals surface area contributed by atoms with Crippen LogP contribution in [0.15, 0.2) is 42.6 Å². The van der Waals surface area contributed by atoms with Crippen LogP contribution >= 0.6 is 0 Å². The number of rotatable bonds is 5. The first-order valence-electron chi connectivity index (χ1n) is 6.50. The molecule has 0 unspecified atom stereocenters. The largest absolute Gasteiger partial charge is 0.384 e. The van der Waals surface area contributed by atoms with Crippen molar-refractivity contribution in [3.05, 3.63) is 59.5 Å². The fraction of sp³-hybridized carbons (Fsp3) is 0.133. The van der Waals surface area contributed by atoms with Crippen LogP contribution in [-0.4, -0.2) is 16.8 Å². The molecule has 0 fully saturated rings. The van der Waals surface area contributed by atoms with Gasteiger partial charge in [0.15, 0.2) is 0 Å².